The van der Waals surface area contributed by atoms with E-state index in [0.717, 1.165) is 42.1 Å². The Labute approximate surface area is 176 Å². The van der Waals surface area contributed by atoms with Crippen molar-refractivity contribution in [2.24, 2.45) is 5.92 Å². The van der Waals surface area contributed by atoms with E-state index in [4.69, 9.17) is 23.2 Å². The van der Waals surface area contributed by atoms with Crippen LogP contribution in [0.25, 0.3) is 5.69 Å². The van der Waals surface area contributed by atoms with Gasteiger partial charge >= 0.3 is 0 Å². The van der Waals surface area contributed by atoms with Gasteiger partial charge in [0.2, 0.25) is 5.91 Å². The molecule has 1 saturated heterocycles. The molecule has 148 valence electrons. The smallest absolute Gasteiger partial charge is 0.224 e. The van der Waals surface area contributed by atoms with Gasteiger partial charge in [-0.25, -0.2) is 4.68 Å². The number of hydrogen-bond acceptors (Lipinski definition) is 3. The summed E-state index contributed by atoms with van der Waals surface area (Å²) in [5.41, 5.74) is 3.56. The molecule has 2 unspecified atom stereocenters. The molecule has 0 spiro atoms. The summed E-state index contributed by atoms with van der Waals surface area (Å²) in [5.74, 6) is 0.520. The maximum absolute atomic E-state index is 12.6. The topological polar surface area (TPSA) is 59.0 Å². The quantitative estimate of drug-likeness (QED) is 0.772. The lowest BCUT2D eigenvalue weighted by Crippen LogP contribution is -2.50. The van der Waals surface area contributed by atoms with Crippen LogP contribution in [-0.2, 0) is 11.2 Å². The first-order valence-electron chi connectivity index (χ1n) is 8.87. The third kappa shape index (κ3) is 4.96. The van der Waals surface area contributed by atoms with Crippen LogP contribution in [0, 0.1) is 19.8 Å². The molecule has 3 rings (SSSR count). The number of halogens is 3. The average molecular weight is 432 g/mol. The van der Waals surface area contributed by atoms with E-state index in [1.165, 1.54) is 0 Å². The molecule has 1 aliphatic rings. The van der Waals surface area contributed by atoms with Gasteiger partial charge in [0.15, 0.2) is 0 Å². The Morgan fingerprint density at radius 2 is 2.07 bits per heavy atom. The molecule has 27 heavy (non-hydrogen) atoms. The number of carbonyl (C=O) groups is 1. The maximum Gasteiger partial charge on any atom is 0.224 e. The van der Waals surface area contributed by atoms with Crippen molar-refractivity contribution in [3.63, 3.8) is 0 Å². The second-order valence-corrected chi connectivity index (χ2v) is 7.79. The lowest BCUT2D eigenvalue weighted by Gasteiger charge is -2.30. The third-order valence-corrected chi connectivity index (χ3v) is 5.84. The minimum absolute atomic E-state index is 0. The summed E-state index contributed by atoms with van der Waals surface area (Å²) in [6, 6.07) is 5.58. The molecule has 5 nitrogen and oxygen atoms in total. The molecule has 2 N–H and O–H groups in total. The van der Waals surface area contributed by atoms with E-state index >= 15 is 0 Å². The highest BCUT2D eigenvalue weighted by Crippen LogP contribution is 2.26. The van der Waals surface area contributed by atoms with Gasteiger partial charge in [-0.2, -0.15) is 5.10 Å². The minimum atomic E-state index is 0. The molecule has 2 atom stereocenters. The van der Waals surface area contributed by atoms with Crippen LogP contribution < -0.4 is 10.6 Å². The van der Waals surface area contributed by atoms with Gasteiger partial charge in [-0.15, -0.1) is 12.4 Å². The Balaban J connectivity index is 0.00000261. The molecule has 0 saturated carbocycles. The SMILES string of the molecule is Cc1nn(-c2ccc(Cl)c(Cl)c2)c(C)c1CC(=O)NC1CNCCC1C.Cl. The number of nitrogens with zero attached hydrogens (tertiary/aromatic N) is 2. The monoisotopic (exact) mass is 430 g/mol. The molecule has 1 fully saturated rings. The number of benzene rings is 1. The van der Waals surface area contributed by atoms with E-state index in [1.54, 1.807) is 12.1 Å². The van der Waals surface area contributed by atoms with E-state index in [9.17, 15) is 4.79 Å². The molecule has 0 aliphatic carbocycles. The maximum atomic E-state index is 12.6. The zero-order valence-electron chi connectivity index (χ0n) is 15.7. The van der Waals surface area contributed by atoms with E-state index < -0.39 is 0 Å². The van der Waals surface area contributed by atoms with Gasteiger partial charge < -0.3 is 10.6 Å². The number of amides is 1. The molecule has 0 radical (unpaired) electrons. The summed E-state index contributed by atoms with van der Waals surface area (Å²) in [4.78, 5) is 12.6. The van der Waals surface area contributed by atoms with Gasteiger partial charge in [0.1, 0.15) is 0 Å². The number of aryl methyl sites for hydroxylation is 1. The van der Waals surface area contributed by atoms with Crippen LogP contribution in [0.5, 0.6) is 0 Å². The van der Waals surface area contributed by atoms with Crippen molar-refractivity contribution < 1.29 is 4.79 Å². The second kappa shape index (κ2) is 9.28. The van der Waals surface area contributed by atoms with E-state index in [-0.39, 0.29) is 24.4 Å². The molecule has 2 aromatic rings. The first-order valence-corrected chi connectivity index (χ1v) is 9.63. The number of piperidine rings is 1. The Bertz CT molecular complexity index is 822. The lowest BCUT2D eigenvalue weighted by atomic mass is 9.94. The van der Waals surface area contributed by atoms with Gasteiger partial charge in [-0.05, 0) is 50.9 Å². The van der Waals surface area contributed by atoms with Gasteiger partial charge in [0.25, 0.3) is 0 Å². The van der Waals surface area contributed by atoms with Crippen molar-refractivity contribution in [2.75, 3.05) is 13.1 Å². The Morgan fingerprint density at radius 1 is 1.33 bits per heavy atom. The standard InChI is InChI=1S/C19H24Cl2N4O.ClH/c1-11-6-7-22-10-18(11)23-19(26)9-15-12(2)24-25(13(15)3)14-4-5-16(20)17(21)8-14;/h4-5,8,11,18,22H,6-7,9-10H2,1-3H3,(H,23,26);1H. The predicted octanol–water partition coefficient (Wildman–Crippen LogP) is 3.87. The number of nitrogens with one attached hydrogen (secondary N) is 2. The van der Waals surface area contributed by atoms with Crippen molar-refractivity contribution in [3.05, 3.63) is 45.2 Å². The highest BCUT2D eigenvalue weighted by Gasteiger charge is 2.24. The zero-order valence-corrected chi connectivity index (χ0v) is 18.0. The molecular weight excluding hydrogens is 407 g/mol. The average Bonchev–Trinajstić information content (AvgIpc) is 2.87. The largest absolute Gasteiger partial charge is 0.352 e. The molecule has 1 aromatic carbocycles. The van der Waals surface area contributed by atoms with E-state index in [1.807, 2.05) is 24.6 Å². The summed E-state index contributed by atoms with van der Waals surface area (Å²) in [6.07, 6.45) is 1.40. The Hall–Kier alpha value is -1.27. The number of aromatic nitrogens is 2. The number of carbonyl (C=O) groups excluding carboxylic acids is 1. The predicted molar refractivity (Wildman–Crippen MR) is 113 cm³/mol. The number of rotatable bonds is 4. The van der Waals surface area contributed by atoms with Gasteiger partial charge in [-0.3, -0.25) is 4.79 Å². The van der Waals surface area contributed by atoms with Crippen molar-refractivity contribution >= 4 is 41.5 Å². The van der Waals surface area contributed by atoms with Crippen LogP contribution in [0.3, 0.4) is 0 Å². The van der Waals surface area contributed by atoms with Crippen molar-refractivity contribution in [3.8, 4) is 5.69 Å². The summed E-state index contributed by atoms with van der Waals surface area (Å²) >= 11 is 12.1. The van der Waals surface area contributed by atoms with Gasteiger partial charge in [-0.1, -0.05) is 30.1 Å². The second-order valence-electron chi connectivity index (χ2n) is 6.98. The molecule has 1 amide bonds. The van der Waals surface area contributed by atoms with Crippen LogP contribution >= 0.6 is 35.6 Å². The highest BCUT2D eigenvalue weighted by atomic mass is 35.5. The van der Waals surface area contributed by atoms with Crippen LogP contribution in [-0.4, -0.2) is 34.8 Å². The van der Waals surface area contributed by atoms with Crippen LogP contribution in [0.2, 0.25) is 10.0 Å². The van der Waals surface area contributed by atoms with Crippen molar-refractivity contribution in [2.45, 2.75) is 39.7 Å². The summed E-state index contributed by atoms with van der Waals surface area (Å²) in [5, 5.41) is 12.1. The fraction of sp³-hybridized carbons (Fsp3) is 0.474. The summed E-state index contributed by atoms with van der Waals surface area (Å²) < 4.78 is 1.81. The highest BCUT2D eigenvalue weighted by molar-refractivity contribution is 6.42. The van der Waals surface area contributed by atoms with E-state index in [0.29, 0.717) is 22.4 Å². The van der Waals surface area contributed by atoms with Crippen molar-refractivity contribution in [1.82, 2.24) is 20.4 Å². The first-order chi connectivity index (χ1) is 12.4. The fourth-order valence-electron chi connectivity index (χ4n) is 3.40. The Morgan fingerprint density at radius 3 is 2.74 bits per heavy atom. The Kier molecular flexibility index (Phi) is 7.57. The molecule has 1 aromatic heterocycles. The van der Waals surface area contributed by atoms with Gasteiger partial charge in [0.05, 0.1) is 27.8 Å². The molecule has 8 heteroatoms. The minimum Gasteiger partial charge on any atom is -0.352 e. The molecule has 0 bridgehead atoms. The molecule has 2 heterocycles. The zero-order chi connectivity index (χ0) is 18.8. The van der Waals surface area contributed by atoms with Crippen molar-refractivity contribution in [1.29, 1.82) is 0 Å². The van der Waals surface area contributed by atoms with Crippen LogP contribution in [0.15, 0.2) is 18.2 Å². The molecule has 1 aliphatic heterocycles. The van der Waals surface area contributed by atoms with E-state index in [2.05, 4.69) is 22.7 Å². The van der Waals surface area contributed by atoms with Crippen LogP contribution in [0.4, 0.5) is 0 Å². The van der Waals surface area contributed by atoms with Gasteiger partial charge in [0, 0.05) is 23.8 Å². The normalized spacial score (nSPS) is 19.4. The lowest BCUT2D eigenvalue weighted by molar-refractivity contribution is -0.121. The third-order valence-electron chi connectivity index (χ3n) is 5.10. The molecular formula is C19H25Cl3N4O. The van der Waals surface area contributed by atoms with Crippen LogP contribution in [0.1, 0.15) is 30.3 Å². The first kappa shape index (κ1) is 22.0. The summed E-state index contributed by atoms with van der Waals surface area (Å²) in [6.45, 7) is 7.92. The fourth-order valence-corrected chi connectivity index (χ4v) is 3.69. The number of hydrogen-bond donors (Lipinski definition) is 2. The summed E-state index contributed by atoms with van der Waals surface area (Å²) in [7, 11) is 0.